The molecule has 0 unspecified atom stereocenters. The quantitative estimate of drug-likeness (QED) is 0.894. The molecule has 1 saturated carbocycles. The van der Waals surface area contributed by atoms with Crippen LogP contribution in [-0.4, -0.2) is 30.1 Å². The number of aromatic nitrogens is 2. The molecule has 0 saturated heterocycles. The van der Waals surface area contributed by atoms with E-state index in [1.165, 1.54) is 14.2 Å². The maximum absolute atomic E-state index is 12.6. The first-order valence-corrected chi connectivity index (χ1v) is 7.97. The molecule has 1 heterocycles. The second-order valence-corrected chi connectivity index (χ2v) is 6.05. The van der Waals surface area contributed by atoms with Gasteiger partial charge in [0.25, 0.3) is 5.91 Å². The Morgan fingerprint density at radius 1 is 1.25 bits per heavy atom. The molecule has 3 rings (SSSR count). The van der Waals surface area contributed by atoms with E-state index in [1.54, 1.807) is 18.3 Å². The van der Waals surface area contributed by atoms with E-state index in [9.17, 15) is 4.79 Å². The van der Waals surface area contributed by atoms with Crippen molar-refractivity contribution in [3.05, 3.63) is 40.4 Å². The van der Waals surface area contributed by atoms with Gasteiger partial charge in [0, 0.05) is 24.2 Å². The van der Waals surface area contributed by atoms with Crippen molar-refractivity contribution in [3.63, 3.8) is 0 Å². The van der Waals surface area contributed by atoms with Crippen molar-refractivity contribution >= 4 is 23.2 Å². The van der Waals surface area contributed by atoms with Crippen LogP contribution in [0.5, 0.6) is 11.5 Å². The fourth-order valence-electron chi connectivity index (χ4n) is 2.39. The third-order valence-electron chi connectivity index (χ3n) is 3.91. The summed E-state index contributed by atoms with van der Waals surface area (Å²) in [4.78, 5) is 21.3. The Morgan fingerprint density at radius 3 is 2.54 bits per heavy atom. The maximum atomic E-state index is 12.6. The van der Waals surface area contributed by atoms with Crippen LogP contribution in [0.2, 0.25) is 5.02 Å². The van der Waals surface area contributed by atoms with Crippen molar-refractivity contribution in [1.82, 2.24) is 9.97 Å². The van der Waals surface area contributed by atoms with Gasteiger partial charge >= 0.3 is 0 Å². The molecule has 24 heavy (non-hydrogen) atoms. The van der Waals surface area contributed by atoms with Gasteiger partial charge in [0.15, 0.2) is 0 Å². The molecule has 1 aromatic heterocycles. The SMILES string of the molecule is COc1cc(NC(=O)c2cnc(C3CC3)nc2C)c(OC)cc1Cl. The number of nitrogens with one attached hydrogen (secondary N) is 1. The fourth-order valence-corrected chi connectivity index (χ4v) is 2.62. The van der Waals surface area contributed by atoms with Crippen LogP contribution < -0.4 is 14.8 Å². The Morgan fingerprint density at radius 2 is 1.96 bits per heavy atom. The molecule has 6 nitrogen and oxygen atoms in total. The zero-order chi connectivity index (χ0) is 17.3. The second-order valence-electron chi connectivity index (χ2n) is 5.64. The third kappa shape index (κ3) is 3.28. The van der Waals surface area contributed by atoms with E-state index in [1.807, 2.05) is 6.92 Å². The van der Waals surface area contributed by atoms with Crippen molar-refractivity contribution in [2.45, 2.75) is 25.7 Å². The normalized spacial score (nSPS) is 13.5. The summed E-state index contributed by atoms with van der Waals surface area (Å²) in [6, 6.07) is 3.21. The number of carbonyl (C=O) groups is 1. The van der Waals surface area contributed by atoms with Crippen molar-refractivity contribution in [1.29, 1.82) is 0 Å². The monoisotopic (exact) mass is 347 g/mol. The van der Waals surface area contributed by atoms with Crippen LogP contribution in [0.3, 0.4) is 0 Å². The molecule has 1 aliphatic rings. The Kier molecular flexibility index (Phi) is 4.57. The molecule has 7 heteroatoms. The molecule has 0 bridgehead atoms. The largest absolute Gasteiger partial charge is 0.495 e. The summed E-state index contributed by atoms with van der Waals surface area (Å²) in [5.41, 5.74) is 1.55. The Labute approximate surface area is 145 Å². The molecule has 1 aromatic carbocycles. The number of hydrogen-bond acceptors (Lipinski definition) is 5. The Bertz CT molecular complexity index is 791. The number of hydrogen-bond donors (Lipinski definition) is 1. The van der Waals surface area contributed by atoms with Gasteiger partial charge in [-0.1, -0.05) is 11.6 Å². The molecule has 0 spiro atoms. The van der Waals surface area contributed by atoms with E-state index < -0.39 is 0 Å². The van der Waals surface area contributed by atoms with Crippen LogP contribution in [0.1, 0.15) is 40.6 Å². The molecule has 0 radical (unpaired) electrons. The fraction of sp³-hybridized carbons (Fsp3) is 0.353. The van der Waals surface area contributed by atoms with Gasteiger partial charge in [-0.3, -0.25) is 4.79 Å². The minimum absolute atomic E-state index is 0.308. The van der Waals surface area contributed by atoms with Crippen LogP contribution in [0, 0.1) is 6.92 Å². The summed E-state index contributed by atoms with van der Waals surface area (Å²) < 4.78 is 10.4. The lowest BCUT2D eigenvalue weighted by Crippen LogP contribution is -2.16. The summed E-state index contributed by atoms with van der Waals surface area (Å²) in [5.74, 6) is 1.85. The Hall–Kier alpha value is -2.34. The second kappa shape index (κ2) is 6.65. The lowest BCUT2D eigenvalue weighted by atomic mass is 10.2. The van der Waals surface area contributed by atoms with Crippen LogP contribution >= 0.6 is 11.6 Å². The summed E-state index contributed by atoms with van der Waals surface area (Å²) in [7, 11) is 3.01. The summed E-state index contributed by atoms with van der Waals surface area (Å²) in [6.45, 7) is 1.81. The van der Waals surface area contributed by atoms with Gasteiger partial charge in [-0.15, -0.1) is 0 Å². The van der Waals surface area contributed by atoms with Gasteiger partial charge in [-0.2, -0.15) is 0 Å². The van der Waals surface area contributed by atoms with Gasteiger partial charge < -0.3 is 14.8 Å². The standard InChI is InChI=1S/C17H18ClN3O3/c1-9-11(8-19-16(20-9)10-4-5-10)17(22)21-13-7-14(23-2)12(18)6-15(13)24-3/h6-8,10H,4-5H2,1-3H3,(H,21,22). The van der Waals surface area contributed by atoms with Gasteiger partial charge in [0.1, 0.15) is 17.3 Å². The Balaban J connectivity index is 1.86. The number of amides is 1. The average Bonchev–Trinajstić information content (AvgIpc) is 3.40. The zero-order valence-electron chi connectivity index (χ0n) is 13.7. The highest BCUT2D eigenvalue weighted by Crippen LogP contribution is 2.38. The first kappa shape index (κ1) is 16.5. The number of nitrogens with zero attached hydrogens (tertiary/aromatic N) is 2. The number of methoxy groups -OCH3 is 2. The first-order valence-electron chi connectivity index (χ1n) is 7.60. The van der Waals surface area contributed by atoms with Crippen molar-refractivity contribution in [2.75, 3.05) is 19.5 Å². The molecule has 1 fully saturated rings. The predicted molar refractivity (Wildman–Crippen MR) is 91.3 cm³/mol. The van der Waals surface area contributed by atoms with E-state index in [0.717, 1.165) is 18.7 Å². The van der Waals surface area contributed by atoms with E-state index >= 15 is 0 Å². The molecular formula is C17H18ClN3O3. The van der Waals surface area contributed by atoms with E-state index in [-0.39, 0.29) is 5.91 Å². The smallest absolute Gasteiger partial charge is 0.259 e. The van der Waals surface area contributed by atoms with Gasteiger partial charge in [-0.05, 0) is 19.8 Å². The highest BCUT2D eigenvalue weighted by Gasteiger charge is 2.27. The van der Waals surface area contributed by atoms with E-state index in [2.05, 4.69) is 15.3 Å². The lowest BCUT2D eigenvalue weighted by molar-refractivity contribution is 0.102. The minimum atomic E-state index is -0.308. The third-order valence-corrected chi connectivity index (χ3v) is 4.20. The number of carbonyl (C=O) groups excluding carboxylic acids is 1. The van der Waals surface area contributed by atoms with Gasteiger partial charge in [0.05, 0.1) is 36.2 Å². The molecule has 0 aliphatic heterocycles. The van der Waals surface area contributed by atoms with Crippen molar-refractivity contribution < 1.29 is 14.3 Å². The van der Waals surface area contributed by atoms with Crippen LogP contribution in [0.4, 0.5) is 5.69 Å². The summed E-state index contributed by atoms with van der Waals surface area (Å²) >= 11 is 6.07. The minimum Gasteiger partial charge on any atom is -0.495 e. The predicted octanol–water partition coefficient (Wildman–Crippen LogP) is 3.59. The summed E-state index contributed by atoms with van der Waals surface area (Å²) in [5, 5.41) is 3.21. The summed E-state index contributed by atoms with van der Waals surface area (Å²) in [6.07, 6.45) is 3.81. The van der Waals surface area contributed by atoms with E-state index in [0.29, 0.717) is 39.4 Å². The van der Waals surface area contributed by atoms with Crippen LogP contribution in [-0.2, 0) is 0 Å². The number of benzene rings is 1. The highest BCUT2D eigenvalue weighted by molar-refractivity contribution is 6.32. The van der Waals surface area contributed by atoms with Gasteiger partial charge in [-0.25, -0.2) is 9.97 Å². The first-order chi connectivity index (χ1) is 11.5. The molecular weight excluding hydrogens is 330 g/mol. The van der Waals surface area contributed by atoms with Gasteiger partial charge in [0.2, 0.25) is 0 Å². The average molecular weight is 348 g/mol. The maximum Gasteiger partial charge on any atom is 0.259 e. The molecule has 1 N–H and O–H groups in total. The zero-order valence-corrected chi connectivity index (χ0v) is 14.5. The molecule has 2 aromatic rings. The molecule has 0 atom stereocenters. The molecule has 1 amide bonds. The van der Waals surface area contributed by atoms with E-state index in [4.69, 9.17) is 21.1 Å². The highest BCUT2D eigenvalue weighted by atomic mass is 35.5. The topological polar surface area (TPSA) is 73.3 Å². The number of anilines is 1. The molecule has 126 valence electrons. The van der Waals surface area contributed by atoms with Crippen LogP contribution in [0.15, 0.2) is 18.3 Å². The number of halogens is 1. The number of ether oxygens (including phenoxy) is 2. The lowest BCUT2D eigenvalue weighted by Gasteiger charge is -2.14. The van der Waals surface area contributed by atoms with Crippen LogP contribution in [0.25, 0.3) is 0 Å². The van der Waals surface area contributed by atoms with Crippen molar-refractivity contribution in [2.24, 2.45) is 0 Å². The number of aryl methyl sites for hydroxylation is 1. The number of rotatable bonds is 5. The van der Waals surface area contributed by atoms with Crippen molar-refractivity contribution in [3.8, 4) is 11.5 Å². The molecule has 1 aliphatic carbocycles.